The van der Waals surface area contributed by atoms with Gasteiger partial charge in [-0.1, -0.05) is 24.3 Å². The first-order chi connectivity index (χ1) is 9.16. The number of carbonyl (C=O) groups excluding carboxylic acids is 2. The molecule has 2 amide bonds. The van der Waals surface area contributed by atoms with Crippen molar-refractivity contribution >= 4 is 27.7 Å². The molecule has 5 heteroatoms. The van der Waals surface area contributed by atoms with E-state index in [0.717, 1.165) is 12.8 Å². The van der Waals surface area contributed by atoms with E-state index in [1.54, 1.807) is 18.2 Å². The Morgan fingerprint density at radius 1 is 1.26 bits per heavy atom. The lowest BCUT2D eigenvalue weighted by atomic mass is 10.1. The largest absolute Gasteiger partial charge is 0.273 e. The smallest absolute Gasteiger partial charge is 0.270 e. The van der Waals surface area contributed by atoms with Gasteiger partial charge in [0.1, 0.15) is 0 Å². The lowest BCUT2D eigenvalue weighted by Gasteiger charge is -2.10. The molecule has 19 heavy (non-hydrogen) atoms. The number of rotatable bonds is 3. The summed E-state index contributed by atoms with van der Waals surface area (Å²) in [7, 11) is 0. The van der Waals surface area contributed by atoms with Crippen LogP contribution in [0.4, 0.5) is 0 Å². The summed E-state index contributed by atoms with van der Waals surface area (Å²) in [4.78, 5) is 23.5. The van der Waals surface area contributed by atoms with Gasteiger partial charge in [0.05, 0.1) is 5.56 Å². The van der Waals surface area contributed by atoms with Crippen molar-refractivity contribution in [2.24, 2.45) is 5.92 Å². The molecule has 1 aromatic rings. The van der Waals surface area contributed by atoms with E-state index in [9.17, 15) is 9.59 Å². The fourth-order valence-electron chi connectivity index (χ4n) is 1.99. The molecule has 4 nitrogen and oxygen atoms in total. The number of allylic oxidation sites excluding steroid dienone is 2. The van der Waals surface area contributed by atoms with Gasteiger partial charge in [-0.2, -0.15) is 0 Å². The number of amides is 2. The Hall–Kier alpha value is -1.62. The van der Waals surface area contributed by atoms with Crippen LogP contribution in [0.2, 0.25) is 0 Å². The van der Waals surface area contributed by atoms with Gasteiger partial charge in [-0.15, -0.1) is 0 Å². The van der Waals surface area contributed by atoms with Gasteiger partial charge >= 0.3 is 0 Å². The van der Waals surface area contributed by atoms with Gasteiger partial charge < -0.3 is 0 Å². The summed E-state index contributed by atoms with van der Waals surface area (Å²) in [5.41, 5.74) is 5.35. The average Bonchev–Trinajstić information content (AvgIpc) is 2.89. The molecule has 100 valence electrons. The van der Waals surface area contributed by atoms with Crippen LogP contribution in [-0.4, -0.2) is 11.8 Å². The van der Waals surface area contributed by atoms with Crippen LogP contribution < -0.4 is 10.9 Å². The summed E-state index contributed by atoms with van der Waals surface area (Å²) in [6, 6.07) is 7.06. The first-order valence-electron chi connectivity index (χ1n) is 6.17. The second kappa shape index (κ2) is 6.52. The zero-order chi connectivity index (χ0) is 13.7. The van der Waals surface area contributed by atoms with Crippen LogP contribution in [0.15, 0.2) is 40.9 Å². The van der Waals surface area contributed by atoms with E-state index >= 15 is 0 Å². The summed E-state index contributed by atoms with van der Waals surface area (Å²) >= 11 is 3.29. The molecule has 0 fully saturated rings. The minimum Gasteiger partial charge on any atom is -0.273 e. The van der Waals surface area contributed by atoms with E-state index < -0.39 is 0 Å². The molecule has 0 spiro atoms. The molecular weight excluding hydrogens is 308 g/mol. The Morgan fingerprint density at radius 3 is 2.74 bits per heavy atom. The minimum absolute atomic E-state index is 0.169. The normalized spacial score (nSPS) is 17.2. The fraction of sp³-hybridized carbons (Fsp3) is 0.286. The van der Waals surface area contributed by atoms with Crippen LogP contribution in [0.1, 0.15) is 29.6 Å². The molecular formula is C14H15BrN2O2. The van der Waals surface area contributed by atoms with Crippen molar-refractivity contribution in [2.45, 2.75) is 19.3 Å². The van der Waals surface area contributed by atoms with Crippen LogP contribution in [0.5, 0.6) is 0 Å². The van der Waals surface area contributed by atoms with E-state index in [0.29, 0.717) is 22.4 Å². The Bertz CT molecular complexity index is 514. The van der Waals surface area contributed by atoms with Gasteiger partial charge in [0.15, 0.2) is 0 Å². The van der Waals surface area contributed by atoms with Crippen molar-refractivity contribution in [3.63, 3.8) is 0 Å². The van der Waals surface area contributed by atoms with E-state index in [1.807, 2.05) is 6.07 Å². The van der Waals surface area contributed by atoms with Gasteiger partial charge in [0, 0.05) is 10.9 Å². The van der Waals surface area contributed by atoms with Crippen molar-refractivity contribution < 1.29 is 9.59 Å². The molecule has 1 aliphatic carbocycles. The topological polar surface area (TPSA) is 58.2 Å². The molecule has 1 aliphatic rings. The zero-order valence-corrected chi connectivity index (χ0v) is 11.9. The first-order valence-corrected chi connectivity index (χ1v) is 6.96. The third kappa shape index (κ3) is 3.92. The monoisotopic (exact) mass is 322 g/mol. The maximum atomic E-state index is 11.8. The number of hydrogen-bond acceptors (Lipinski definition) is 2. The Balaban J connectivity index is 1.81. The predicted octanol–water partition coefficient (Wildman–Crippen LogP) is 2.57. The number of benzene rings is 1. The molecule has 0 aromatic heterocycles. The van der Waals surface area contributed by atoms with E-state index in [4.69, 9.17) is 0 Å². The van der Waals surface area contributed by atoms with E-state index in [2.05, 4.69) is 38.9 Å². The van der Waals surface area contributed by atoms with Gasteiger partial charge in [-0.3, -0.25) is 20.4 Å². The number of hydrogen-bond donors (Lipinski definition) is 2. The highest BCUT2D eigenvalue weighted by molar-refractivity contribution is 9.10. The molecule has 2 N–H and O–H groups in total. The Morgan fingerprint density at radius 2 is 2.05 bits per heavy atom. The van der Waals surface area contributed by atoms with Crippen molar-refractivity contribution in [2.75, 3.05) is 0 Å². The third-order valence-corrected chi connectivity index (χ3v) is 3.69. The average molecular weight is 323 g/mol. The van der Waals surface area contributed by atoms with Crippen molar-refractivity contribution in [1.29, 1.82) is 0 Å². The van der Waals surface area contributed by atoms with Crippen molar-refractivity contribution in [3.8, 4) is 0 Å². The SMILES string of the molecule is O=C(CC1C=CCC1)NNC(=O)c1ccccc1Br. The summed E-state index contributed by atoms with van der Waals surface area (Å²) in [6.07, 6.45) is 6.58. The standard InChI is InChI=1S/C14H15BrN2O2/c15-12-8-4-3-7-11(12)14(19)17-16-13(18)9-10-5-1-2-6-10/h1,3-5,7-8,10H,2,6,9H2,(H,16,18)(H,17,19). The molecule has 0 bridgehead atoms. The lowest BCUT2D eigenvalue weighted by molar-refractivity contribution is -0.122. The zero-order valence-electron chi connectivity index (χ0n) is 10.4. The fourth-order valence-corrected chi connectivity index (χ4v) is 2.46. The van der Waals surface area contributed by atoms with Gasteiger partial charge in [-0.05, 0) is 46.8 Å². The predicted molar refractivity (Wildman–Crippen MR) is 76.2 cm³/mol. The first kappa shape index (κ1) is 13.8. The van der Waals surface area contributed by atoms with Crippen LogP contribution in [0.3, 0.4) is 0 Å². The minimum atomic E-state index is -0.331. The van der Waals surface area contributed by atoms with Crippen LogP contribution in [0, 0.1) is 5.92 Å². The molecule has 0 heterocycles. The summed E-state index contributed by atoms with van der Waals surface area (Å²) in [5.74, 6) is -0.208. The molecule has 0 aliphatic heterocycles. The van der Waals surface area contributed by atoms with Gasteiger partial charge in [0.25, 0.3) is 5.91 Å². The number of carbonyl (C=O) groups is 2. The molecule has 1 atom stereocenters. The molecule has 0 saturated carbocycles. The summed E-state index contributed by atoms with van der Waals surface area (Å²) in [5, 5.41) is 0. The molecule has 0 radical (unpaired) electrons. The second-order valence-electron chi connectivity index (χ2n) is 4.45. The number of hydrazine groups is 1. The van der Waals surface area contributed by atoms with Gasteiger partial charge in [-0.25, -0.2) is 0 Å². The second-order valence-corrected chi connectivity index (χ2v) is 5.31. The highest BCUT2D eigenvalue weighted by Gasteiger charge is 2.15. The third-order valence-electron chi connectivity index (χ3n) is 2.99. The highest BCUT2D eigenvalue weighted by atomic mass is 79.9. The lowest BCUT2D eigenvalue weighted by Crippen LogP contribution is -2.42. The molecule has 1 aromatic carbocycles. The van der Waals surface area contributed by atoms with Crippen LogP contribution in [0.25, 0.3) is 0 Å². The van der Waals surface area contributed by atoms with Crippen LogP contribution in [-0.2, 0) is 4.79 Å². The summed E-state index contributed by atoms with van der Waals surface area (Å²) in [6.45, 7) is 0. The number of nitrogens with one attached hydrogen (secondary N) is 2. The molecule has 1 unspecified atom stereocenters. The quantitative estimate of drug-likeness (QED) is 0.663. The van der Waals surface area contributed by atoms with Crippen molar-refractivity contribution in [1.82, 2.24) is 10.9 Å². The van der Waals surface area contributed by atoms with Gasteiger partial charge in [0.2, 0.25) is 5.91 Å². The van der Waals surface area contributed by atoms with E-state index in [-0.39, 0.29) is 11.8 Å². The Kier molecular flexibility index (Phi) is 4.74. The summed E-state index contributed by atoms with van der Waals surface area (Å²) < 4.78 is 0.695. The maximum absolute atomic E-state index is 11.8. The highest BCUT2D eigenvalue weighted by Crippen LogP contribution is 2.20. The molecule has 0 saturated heterocycles. The Labute approximate surface area is 120 Å². The van der Waals surface area contributed by atoms with Crippen LogP contribution >= 0.6 is 15.9 Å². The van der Waals surface area contributed by atoms with E-state index in [1.165, 1.54) is 0 Å². The maximum Gasteiger partial charge on any atom is 0.270 e. The number of halogens is 1. The van der Waals surface area contributed by atoms with Crippen molar-refractivity contribution in [3.05, 3.63) is 46.5 Å². The molecule has 2 rings (SSSR count).